The number of halogens is 4. The average Bonchev–Trinajstić information content (AvgIpc) is 3.80. The summed E-state index contributed by atoms with van der Waals surface area (Å²) in [7, 11) is -3.06. The molecule has 5 heterocycles. The minimum absolute atomic E-state index is 0.0282. The molecule has 0 spiro atoms. The van der Waals surface area contributed by atoms with Crippen molar-refractivity contribution in [3.05, 3.63) is 143 Å². The van der Waals surface area contributed by atoms with E-state index in [-0.39, 0.29) is 76.1 Å². The number of oxime groups is 1. The Hall–Kier alpha value is -5.93. The number of hydrogen-bond acceptors (Lipinski definition) is 15. The SMILES string of the molecule is CSc1cnc(-c2noc3c(F)c(N4C[C@@H](C)O[C@@H](C)C4)c(CO)cc23)cn1.C[C@@H]1CN(c2c(CO[Si](c3ccccc3)(c3ccccc3)C(C)(C)C)cc(C(=NO)c3cnc(Cl)cn3)c(F)c2F)C[C@H](C)O1. The Morgan fingerprint density at radius 2 is 1.34 bits per heavy atom. The fraction of sp³-hybridized carbons (Fsp3) is 0.358. The molecule has 20 heteroatoms. The average molecular weight is 1060 g/mol. The first-order valence-electron chi connectivity index (χ1n) is 23.8. The molecule has 2 aliphatic heterocycles. The molecule has 384 valence electrons. The van der Waals surface area contributed by atoms with Gasteiger partial charge in [-0.15, -0.1) is 11.8 Å². The highest BCUT2D eigenvalue weighted by molar-refractivity contribution is 7.98. The molecule has 2 fully saturated rings. The summed E-state index contributed by atoms with van der Waals surface area (Å²) >= 11 is 7.38. The lowest BCUT2D eigenvalue weighted by atomic mass is 10.0. The zero-order chi connectivity index (χ0) is 52.2. The van der Waals surface area contributed by atoms with Crippen LogP contribution in [0.3, 0.4) is 0 Å². The van der Waals surface area contributed by atoms with Crippen LogP contribution in [-0.2, 0) is 27.1 Å². The van der Waals surface area contributed by atoms with Crippen molar-refractivity contribution in [2.75, 3.05) is 42.2 Å². The van der Waals surface area contributed by atoms with E-state index in [2.05, 4.69) is 75.3 Å². The maximum absolute atomic E-state index is 16.4. The van der Waals surface area contributed by atoms with E-state index in [0.29, 0.717) is 59.8 Å². The number of anilines is 2. The second-order valence-electron chi connectivity index (χ2n) is 19.2. The molecule has 73 heavy (non-hydrogen) atoms. The molecule has 9 rings (SSSR count). The Kier molecular flexibility index (Phi) is 16.6. The molecule has 3 aromatic heterocycles. The lowest BCUT2D eigenvalue weighted by Gasteiger charge is -2.43. The van der Waals surface area contributed by atoms with Gasteiger partial charge < -0.3 is 38.5 Å². The molecule has 2 saturated heterocycles. The molecule has 2 N–H and O–H groups in total. The third kappa shape index (κ3) is 11.1. The number of rotatable bonds is 12. The maximum Gasteiger partial charge on any atom is 0.261 e. The number of ether oxygens (including phenoxy) is 2. The highest BCUT2D eigenvalue weighted by atomic mass is 35.5. The second kappa shape index (κ2) is 22.7. The lowest BCUT2D eigenvalue weighted by molar-refractivity contribution is -0.00578. The summed E-state index contributed by atoms with van der Waals surface area (Å²) in [6.07, 6.45) is 7.11. The fourth-order valence-electron chi connectivity index (χ4n) is 9.91. The summed E-state index contributed by atoms with van der Waals surface area (Å²) in [5.74, 6) is -2.77. The monoisotopic (exact) mass is 1050 g/mol. The predicted molar refractivity (Wildman–Crippen MR) is 280 cm³/mol. The van der Waals surface area contributed by atoms with E-state index in [4.69, 9.17) is 30.0 Å². The van der Waals surface area contributed by atoms with Gasteiger partial charge in [-0.05, 0) is 61.5 Å². The van der Waals surface area contributed by atoms with E-state index in [0.717, 1.165) is 15.4 Å². The van der Waals surface area contributed by atoms with Crippen molar-refractivity contribution in [1.29, 1.82) is 0 Å². The molecule has 4 aromatic carbocycles. The van der Waals surface area contributed by atoms with Crippen molar-refractivity contribution in [2.24, 2.45) is 5.16 Å². The van der Waals surface area contributed by atoms with E-state index < -0.39 is 25.8 Å². The zero-order valence-corrected chi connectivity index (χ0v) is 44.4. The minimum atomic E-state index is -3.06. The molecule has 0 bridgehead atoms. The van der Waals surface area contributed by atoms with Gasteiger partial charge in [-0.25, -0.2) is 28.1 Å². The Morgan fingerprint density at radius 1 is 0.767 bits per heavy atom. The summed E-state index contributed by atoms with van der Waals surface area (Å²) in [5.41, 5.74) is 1.72. The van der Waals surface area contributed by atoms with Gasteiger partial charge in [0.1, 0.15) is 33.0 Å². The topological polar surface area (TPSA) is 165 Å². The molecule has 0 amide bonds. The smallest absolute Gasteiger partial charge is 0.261 e. The molecule has 4 atom stereocenters. The lowest BCUT2D eigenvalue weighted by Crippen LogP contribution is -2.66. The van der Waals surface area contributed by atoms with Gasteiger partial charge in [0.05, 0.1) is 79.2 Å². The summed E-state index contributed by atoms with van der Waals surface area (Å²) in [5, 5.41) is 30.4. The van der Waals surface area contributed by atoms with Crippen LogP contribution >= 0.6 is 23.4 Å². The van der Waals surface area contributed by atoms with Gasteiger partial charge in [0.2, 0.25) is 5.58 Å². The van der Waals surface area contributed by atoms with E-state index in [1.54, 1.807) is 18.5 Å². The highest BCUT2D eigenvalue weighted by Gasteiger charge is 2.50. The number of nitrogens with zero attached hydrogens (tertiary/aromatic N) is 8. The Labute approximate surface area is 432 Å². The fourth-order valence-corrected chi connectivity index (χ4v) is 14.9. The molecule has 0 aliphatic carbocycles. The predicted octanol–water partition coefficient (Wildman–Crippen LogP) is 9.58. The van der Waals surface area contributed by atoms with Gasteiger partial charge in [-0.1, -0.05) is 103 Å². The number of thioether (sulfide) groups is 1. The quantitative estimate of drug-likeness (QED) is 0.0391. The van der Waals surface area contributed by atoms with Crippen LogP contribution in [0.4, 0.5) is 24.5 Å². The van der Waals surface area contributed by atoms with Crippen LogP contribution in [0.15, 0.2) is 112 Å². The first-order chi connectivity index (χ1) is 35.0. The third-order valence-electron chi connectivity index (χ3n) is 12.8. The second-order valence-corrected chi connectivity index (χ2v) is 24.7. The molecule has 0 unspecified atom stereocenters. The number of fused-ring (bicyclic) bond motifs is 1. The molecule has 7 aromatic rings. The Morgan fingerprint density at radius 3 is 1.82 bits per heavy atom. The highest BCUT2D eigenvalue weighted by Crippen LogP contribution is 2.41. The molecule has 0 saturated carbocycles. The van der Waals surface area contributed by atoms with Crippen LogP contribution in [0.5, 0.6) is 0 Å². The van der Waals surface area contributed by atoms with E-state index in [1.165, 1.54) is 30.2 Å². The van der Waals surface area contributed by atoms with Crippen molar-refractivity contribution >= 4 is 70.1 Å². The van der Waals surface area contributed by atoms with Crippen LogP contribution < -0.4 is 20.2 Å². The van der Waals surface area contributed by atoms with Crippen LogP contribution in [0.25, 0.3) is 22.4 Å². The summed E-state index contributed by atoms with van der Waals surface area (Å²) in [4.78, 5) is 20.4. The van der Waals surface area contributed by atoms with Gasteiger partial charge in [-0.3, -0.25) is 4.98 Å². The van der Waals surface area contributed by atoms with Crippen molar-refractivity contribution in [3.63, 3.8) is 0 Å². The third-order valence-corrected chi connectivity index (χ3v) is 18.6. The number of aliphatic hydroxyl groups is 1. The van der Waals surface area contributed by atoms with Gasteiger partial charge in [-0.2, -0.15) is 0 Å². The molecular formula is C53H58ClF3N8O6SSi. The summed E-state index contributed by atoms with van der Waals surface area (Å²) < 4.78 is 72.1. The van der Waals surface area contributed by atoms with Crippen LogP contribution in [-0.4, -0.2) is 106 Å². The summed E-state index contributed by atoms with van der Waals surface area (Å²) in [6, 6.07) is 23.4. The van der Waals surface area contributed by atoms with Crippen molar-refractivity contribution < 1.29 is 41.9 Å². The zero-order valence-electron chi connectivity index (χ0n) is 41.8. The number of aromatic nitrogens is 5. The van der Waals surface area contributed by atoms with Crippen molar-refractivity contribution in [1.82, 2.24) is 25.1 Å². The van der Waals surface area contributed by atoms with Crippen LogP contribution in [0.2, 0.25) is 10.2 Å². The Balaban J connectivity index is 0.000000217. The molecule has 14 nitrogen and oxygen atoms in total. The summed E-state index contributed by atoms with van der Waals surface area (Å²) in [6.45, 7) is 15.6. The number of aliphatic hydroxyl groups excluding tert-OH is 1. The van der Waals surface area contributed by atoms with Gasteiger partial charge in [0, 0.05) is 42.9 Å². The maximum atomic E-state index is 16.4. The van der Waals surface area contributed by atoms with E-state index in [9.17, 15) is 10.3 Å². The largest absolute Gasteiger partial charge is 0.410 e. The standard InChI is InChI=1S/C34H37ClF2N4O3Si.C19H21FN4O3S/c1-22-19-41(20-23(2)44-22)33-24(16-27(30(36)31(33)37)32(40-42)28-17-39-29(35)18-38-28)21-43-45(34(3,4)5,25-12-8-6-9-13-25)26-14-10-7-11-15-26;1-10-7-24(8-11(2)26-10)18-12(9-25)4-13-17(23-27-19(13)16(18)20)14-5-22-15(28-3)6-21-14/h6-18,22-23,42H,19-21H2,1-5H3;4-6,10-11,25H,7-9H2,1-3H3/t22-,23+;10-,11+. The number of hydrogen-bond donors (Lipinski definition) is 2. The molecule has 0 radical (unpaired) electrons. The van der Waals surface area contributed by atoms with Crippen molar-refractivity contribution in [3.8, 4) is 11.4 Å². The van der Waals surface area contributed by atoms with E-state index >= 15 is 13.2 Å². The van der Waals surface area contributed by atoms with Gasteiger partial charge >= 0.3 is 0 Å². The normalized spacial score (nSPS) is 18.7. The number of morpholine rings is 2. The van der Waals surface area contributed by atoms with Crippen LogP contribution in [0.1, 0.15) is 70.9 Å². The molecule has 2 aliphatic rings. The van der Waals surface area contributed by atoms with Gasteiger partial charge in [0.15, 0.2) is 17.5 Å². The number of benzene rings is 4. The molecular weight excluding hydrogens is 997 g/mol. The van der Waals surface area contributed by atoms with Crippen LogP contribution in [0, 0.1) is 17.5 Å². The first-order valence-corrected chi connectivity index (χ1v) is 27.3. The Bertz CT molecular complexity index is 2990. The minimum Gasteiger partial charge on any atom is -0.410 e. The van der Waals surface area contributed by atoms with Crippen molar-refractivity contribution in [2.45, 2.75) is 96.2 Å². The first kappa shape index (κ1) is 53.4. The van der Waals surface area contributed by atoms with E-state index in [1.807, 2.05) is 80.1 Å². The van der Waals surface area contributed by atoms with Gasteiger partial charge in [0.25, 0.3) is 8.32 Å².